The van der Waals surface area contributed by atoms with Gasteiger partial charge in [-0.15, -0.1) is 0 Å². The third kappa shape index (κ3) is 1.96. The van der Waals surface area contributed by atoms with Crippen LogP contribution in [0.4, 0.5) is 0 Å². The van der Waals surface area contributed by atoms with Gasteiger partial charge in [0, 0.05) is 17.7 Å². The third-order valence-corrected chi connectivity index (χ3v) is 3.14. The van der Waals surface area contributed by atoms with Crippen LogP contribution in [0.1, 0.15) is 17.3 Å². The van der Waals surface area contributed by atoms with Crippen LogP contribution in [0.5, 0.6) is 0 Å². The Kier molecular flexibility index (Phi) is 2.88. The summed E-state index contributed by atoms with van der Waals surface area (Å²) < 4.78 is 2.82. The largest absolute Gasteiger partial charge is 0.319 e. The van der Waals surface area contributed by atoms with E-state index in [0.29, 0.717) is 0 Å². The summed E-state index contributed by atoms with van der Waals surface area (Å²) in [4.78, 5) is 0. The van der Waals surface area contributed by atoms with Crippen molar-refractivity contribution in [3.05, 3.63) is 52.3 Å². The molecule has 0 aliphatic rings. The van der Waals surface area contributed by atoms with Crippen LogP contribution in [0, 0.1) is 0 Å². The molecule has 0 saturated carbocycles. The smallest absolute Gasteiger partial charge is 0.0734 e. The Labute approximate surface area is 97.0 Å². The first kappa shape index (κ1) is 10.4. The zero-order valence-corrected chi connectivity index (χ0v) is 9.98. The minimum absolute atomic E-state index is 0.145. The van der Waals surface area contributed by atoms with Crippen molar-refractivity contribution >= 4 is 15.9 Å². The second-order valence-corrected chi connectivity index (χ2v) is 4.23. The lowest BCUT2D eigenvalue weighted by Crippen LogP contribution is -2.16. The predicted molar refractivity (Wildman–Crippen MR) is 63.4 cm³/mol. The van der Waals surface area contributed by atoms with Crippen molar-refractivity contribution in [2.45, 2.75) is 6.04 Å². The second-order valence-electron chi connectivity index (χ2n) is 3.38. The van der Waals surface area contributed by atoms with Crippen molar-refractivity contribution in [2.24, 2.45) is 12.8 Å². The fraction of sp³-hybridized carbons (Fsp3) is 0.182. The first-order valence-corrected chi connectivity index (χ1v) is 5.47. The zero-order valence-electron chi connectivity index (χ0n) is 8.39. The first-order valence-electron chi connectivity index (χ1n) is 4.68. The van der Waals surface area contributed by atoms with Crippen LogP contribution in [0.15, 0.2) is 41.0 Å². The van der Waals surface area contributed by atoms with Crippen molar-refractivity contribution in [2.75, 3.05) is 0 Å². The van der Waals surface area contributed by atoms with E-state index in [1.54, 1.807) is 10.9 Å². The van der Waals surface area contributed by atoms with E-state index in [9.17, 15) is 0 Å². The van der Waals surface area contributed by atoms with Crippen LogP contribution in [0.2, 0.25) is 0 Å². The Hall–Kier alpha value is -1.13. The summed E-state index contributed by atoms with van der Waals surface area (Å²) in [7, 11) is 1.89. The molecular weight excluding hydrogens is 254 g/mol. The Morgan fingerprint density at radius 1 is 1.33 bits per heavy atom. The minimum atomic E-state index is -0.145. The van der Waals surface area contributed by atoms with Crippen molar-refractivity contribution in [3.63, 3.8) is 0 Å². The highest BCUT2D eigenvalue weighted by Gasteiger charge is 2.14. The number of nitrogens with two attached hydrogens (primary N) is 1. The van der Waals surface area contributed by atoms with E-state index in [-0.39, 0.29) is 6.04 Å². The zero-order chi connectivity index (χ0) is 10.8. The number of aryl methyl sites for hydroxylation is 1. The Bertz CT molecular complexity index is 464. The van der Waals surface area contributed by atoms with Gasteiger partial charge in [-0.25, -0.2) is 0 Å². The van der Waals surface area contributed by atoms with E-state index >= 15 is 0 Å². The Balaban J connectivity index is 2.41. The molecule has 2 rings (SSSR count). The highest BCUT2D eigenvalue weighted by Crippen LogP contribution is 2.25. The van der Waals surface area contributed by atoms with Crippen LogP contribution in [0.3, 0.4) is 0 Å². The average Bonchev–Trinajstić information content (AvgIpc) is 2.64. The second kappa shape index (κ2) is 4.16. The van der Waals surface area contributed by atoms with Gasteiger partial charge >= 0.3 is 0 Å². The normalized spacial score (nSPS) is 12.7. The number of hydrogen-bond acceptors (Lipinski definition) is 2. The summed E-state index contributed by atoms with van der Waals surface area (Å²) in [6.07, 6.45) is 1.76. The van der Waals surface area contributed by atoms with Gasteiger partial charge in [0.1, 0.15) is 0 Å². The number of halogens is 1. The van der Waals surface area contributed by atoms with Crippen LogP contribution < -0.4 is 5.73 Å². The van der Waals surface area contributed by atoms with Crippen LogP contribution in [0.25, 0.3) is 0 Å². The van der Waals surface area contributed by atoms with Crippen molar-refractivity contribution < 1.29 is 0 Å². The van der Waals surface area contributed by atoms with E-state index in [4.69, 9.17) is 5.73 Å². The number of aromatic nitrogens is 2. The van der Waals surface area contributed by atoms with Gasteiger partial charge in [0.05, 0.1) is 11.7 Å². The lowest BCUT2D eigenvalue weighted by molar-refractivity contribution is 0.672. The molecule has 0 fully saturated rings. The lowest BCUT2D eigenvalue weighted by atomic mass is 10.1. The standard InChI is InChI=1S/C11H12BrN3/c1-15-10(6-7-14-15)11(13)8-4-2-3-5-9(8)12/h2-7,11H,13H2,1H3. The van der Waals surface area contributed by atoms with Gasteiger partial charge in [-0.2, -0.15) is 5.10 Å². The maximum Gasteiger partial charge on any atom is 0.0734 e. The Morgan fingerprint density at radius 3 is 2.67 bits per heavy atom. The predicted octanol–water partition coefficient (Wildman–Crippen LogP) is 2.23. The SMILES string of the molecule is Cn1nccc1C(N)c1ccccc1Br. The summed E-state index contributed by atoms with van der Waals surface area (Å²) in [6.45, 7) is 0. The fourth-order valence-electron chi connectivity index (χ4n) is 1.58. The first-order chi connectivity index (χ1) is 7.20. The van der Waals surface area contributed by atoms with Gasteiger partial charge < -0.3 is 5.73 Å². The molecular formula is C11H12BrN3. The van der Waals surface area contributed by atoms with Crippen molar-refractivity contribution in [3.8, 4) is 0 Å². The maximum atomic E-state index is 6.17. The number of rotatable bonds is 2. The summed E-state index contributed by atoms with van der Waals surface area (Å²) in [5.41, 5.74) is 8.24. The monoisotopic (exact) mass is 265 g/mol. The average molecular weight is 266 g/mol. The molecule has 0 spiro atoms. The molecule has 3 nitrogen and oxygen atoms in total. The van der Waals surface area contributed by atoms with Crippen molar-refractivity contribution in [1.29, 1.82) is 0 Å². The van der Waals surface area contributed by atoms with Gasteiger partial charge in [-0.3, -0.25) is 4.68 Å². The van der Waals surface area contributed by atoms with Crippen molar-refractivity contribution in [1.82, 2.24) is 9.78 Å². The molecule has 4 heteroatoms. The molecule has 0 bridgehead atoms. The van der Waals surface area contributed by atoms with Gasteiger partial charge in [-0.05, 0) is 17.7 Å². The molecule has 1 atom stereocenters. The fourth-order valence-corrected chi connectivity index (χ4v) is 2.11. The van der Waals surface area contributed by atoms with Gasteiger partial charge in [0.25, 0.3) is 0 Å². The highest BCUT2D eigenvalue weighted by molar-refractivity contribution is 9.10. The molecule has 78 valence electrons. The summed E-state index contributed by atoms with van der Waals surface area (Å²) in [6, 6.07) is 9.75. The van der Waals surface area contributed by atoms with E-state index in [1.807, 2.05) is 37.4 Å². The number of hydrogen-bond donors (Lipinski definition) is 1. The lowest BCUT2D eigenvalue weighted by Gasteiger charge is -2.13. The molecule has 2 aromatic rings. The molecule has 2 N–H and O–H groups in total. The number of benzene rings is 1. The van der Waals surface area contributed by atoms with Gasteiger partial charge in [-0.1, -0.05) is 34.1 Å². The Morgan fingerprint density at radius 2 is 2.07 bits per heavy atom. The molecule has 1 heterocycles. The van der Waals surface area contributed by atoms with Crippen LogP contribution >= 0.6 is 15.9 Å². The quantitative estimate of drug-likeness (QED) is 0.905. The minimum Gasteiger partial charge on any atom is -0.319 e. The summed E-state index contributed by atoms with van der Waals surface area (Å²) >= 11 is 3.50. The van der Waals surface area contributed by atoms with E-state index in [1.165, 1.54) is 0 Å². The van der Waals surface area contributed by atoms with Crippen LogP contribution in [-0.2, 0) is 7.05 Å². The highest BCUT2D eigenvalue weighted by atomic mass is 79.9. The third-order valence-electron chi connectivity index (χ3n) is 2.42. The van der Waals surface area contributed by atoms with E-state index in [0.717, 1.165) is 15.7 Å². The topological polar surface area (TPSA) is 43.8 Å². The van der Waals surface area contributed by atoms with E-state index in [2.05, 4.69) is 21.0 Å². The molecule has 0 radical (unpaired) electrons. The molecule has 0 amide bonds. The summed E-state index contributed by atoms with van der Waals surface area (Å²) in [5.74, 6) is 0. The van der Waals surface area contributed by atoms with Gasteiger partial charge in [0.15, 0.2) is 0 Å². The van der Waals surface area contributed by atoms with Crippen LogP contribution in [-0.4, -0.2) is 9.78 Å². The molecule has 0 saturated heterocycles. The molecule has 0 aliphatic carbocycles. The number of nitrogens with zero attached hydrogens (tertiary/aromatic N) is 2. The molecule has 0 aliphatic heterocycles. The van der Waals surface area contributed by atoms with E-state index < -0.39 is 0 Å². The maximum absolute atomic E-state index is 6.17. The van der Waals surface area contributed by atoms with Gasteiger partial charge in [0.2, 0.25) is 0 Å². The summed E-state index contributed by atoms with van der Waals surface area (Å²) in [5, 5.41) is 4.11. The molecule has 1 aromatic carbocycles. The molecule has 1 unspecified atom stereocenters. The molecule has 1 aromatic heterocycles. The molecule has 15 heavy (non-hydrogen) atoms.